The van der Waals surface area contributed by atoms with Gasteiger partial charge in [0, 0.05) is 45.1 Å². The van der Waals surface area contributed by atoms with Gasteiger partial charge in [0.05, 0.1) is 6.54 Å². The second-order valence-corrected chi connectivity index (χ2v) is 6.14. The maximum atomic E-state index is 4.71. The summed E-state index contributed by atoms with van der Waals surface area (Å²) in [5, 5.41) is 6.96. The second-order valence-electron chi connectivity index (χ2n) is 6.14. The van der Waals surface area contributed by atoms with Crippen molar-refractivity contribution in [3.63, 3.8) is 0 Å². The van der Waals surface area contributed by atoms with E-state index in [0.29, 0.717) is 6.04 Å². The molecule has 0 amide bonds. The first-order valence-electron chi connectivity index (χ1n) is 8.59. The molecule has 0 atom stereocenters. The van der Waals surface area contributed by atoms with Gasteiger partial charge in [-0.25, -0.2) is 4.99 Å². The van der Waals surface area contributed by atoms with Crippen LogP contribution >= 0.6 is 24.0 Å². The Kier molecular flexibility index (Phi) is 9.62. The number of halogens is 1. The minimum absolute atomic E-state index is 0. The van der Waals surface area contributed by atoms with E-state index in [1.54, 1.807) is 0 Å². The molecule has 0 spiro atoms. The number of rotatable bonds is 6. The molecule has 0 bridgehead atoms. The van der Waals surface area contributed by atoms with Crippen molar-refractivity contribution >= 4 is 29.9 Å². The lowest BCUT2D eigenvalue weighted by molar-refractivity contribution is 0.206. The Morgan fingerprint density at radius 3 is 2.61 bits per heavy atom. The molecule has 1 aromatic rings. The van der Waals surface area contributed by atoms with Crippen LogP contribution in [0, 0.1) is 0 Å². The summed E-state index contributed by atoms with van der Waals surface area (Å²) in [6.45, 7) is 9.62. The molecule has 1 aromatic heterocycles. The van der Waals surface area contributed by atoms with Gasteiger partial charge >= 0.3 is 0 Å². The van der Waals surface area contributed by atoms with E-state index in [0.717, 1.165) is 19.0 Å². The molecule has 2 heterocycles. The minimum atomic E-state index is 0. The van der Waals surface area contributed by atoms with E-state index in [1.165, 1.54) is 44.5 Å². The van der Waals surface area contributed by atoms with Crippen LogP contribution < -0.4 is 10.6 Å². The fourth-order valence-electron chi connectivity index (χ4n) is 2.96. The summed E-state index contributed by atoms with van der Waals surface area (Å²) in [4.78, 5) is 7.28. The van der Waals surface area contributed by atoms with Crippen molar-refractivity contribution in [2.75, 3.05) is 26.2 Å². The molecular formula is C17H32IN5. The second kappa shape index (κ2) is 10.9. The van der Waals surface area contributed by atoms with E-state index < -0.39 is 0 Å². The lowest BCUT2D eigenvalue weighted by Gasteiger charge is -2.32. The van der Waals surface area contributed by atoms with Crippen molar-refractivity contribution in [3.8, 4) is 0 Å². The average molecular weight is 433 g/mol. The summed E-state index contributed by atoms with van der Waals surface area (Å²) in [7, 11) is 2.04. The van der Waals surface area contributed by atoms with Crippen LogP contribution in [0.2, 0.25) is 0 Å². The molecule has 1 aliphatic rings. The number of nitrogens with one attached hydrogen (secondary N) is 2. The first-order chi connectivity index (χ1) is 10.7. The number of likely N-dealkylation sites (tertiary alicyclic amines) is 1. The van der Waals surface area contributed by atoms with Gasteiger partial charge in [0.2, 0.25) is 0 Å². The highest BCUT2D eigenvalue weighted by Gasteiger charge is 2.19. The number of aryl methyl sites for hydroxylation is 1. The van der Waals surface area contributed by atoms with E-state index in [2.05, 4.69) is 52.4 Å². The van der Waals surface area contributed by atoms with Crippen molar-refractivity contribution in [2.24, 2.45) is 12.0 Å². The van der Waals surface area contributed by atoms with Gasteiger partial charge in [-0.1, -0.05) is 6.92 Å². The van der Waals surface area contributed by atoms with Crippen molar-refractivity contribution in [2.45, 2.75) is 45.7 Å². The predicted octanol–water partition coefficient (Wildman–Crippen LogP) is 2.57. The molecule has 1 aliphatic heterocycles. The van der Waals surface area contributed by atoms with Crippen LogP contribution in [-0.4, -0.2) is 47.6 Å². The third-order valence-electron chi connectivity index (χ3n) is 4.13. The quantitative estimate of drug-likeness (QED) is 0.412. The topological polar surface area (TPSA) is 44.6 Å². The summed E-state index contributed by atoms with van der Waals surface area (Å²) in [5.41, 5.74) is 1.25. The van der Waals surface area contributed by atoms with Gasteiger partial charge in [-0.2, -0.15) is 0 Å². The Morgan fingerprint density at radius 2 is 2.04 bits per heavy atom. The number of aliphatic imine (C=N–C) groups is 1. The Hall–Kier alpha value is -0.760. The van der Waals surface area contributed by atoms with Gasteiger partial charge in [-0.3, -0.25) is 0 Å². The fraction of sp³-hybridized carbons (Fsp3) is 0.706. The molecule has 2 rings (SSSR count). The number of guanidine groups is 1. The van der Waals surface area contributed by atoms with E-state index in [9.17, 15) is 0 Å². The monoisotopic (exact) mass is 433 g/mol. The van der Waals surface area contributed by atoms with Crippen molar-refractivity contribution in [1.29, 1.82) is 0 Å². The number of nitrogens with zero attached hydrogens (tertiary/aromatic N) is 3. The number of piperidine rings is 1. The Morgan fingerprint density at radius 1 is 1.30 bits per heavy atom. The van der Waals surface area contributed by atoms with Crippen LogP contribution in [0.4, 0.5) is 0 Å². The summed E-state index contributed by atoms with van der Waals surface area (Å²) in [5.74, 6) is 0.945. The molecule has 132 valence electrons. The SMILES string of the molecule is CCCN1CCC(NC(=NCc2ccn(C)c2)NCC)CC1.I. The van der Waals surface area contributed by atoms with Crippen LogP contribution in [0.3, 0.4) is 0 Å². The lowest BCUT2D eigenvalue weighted by atomic mass is 10.1. The first-order valence-corrected chi connectivity index (χ1v) is 8.59. The third-order valence-corrected chi connectivity index (χ3v) is 4.13. The van der Waals surface area contributed by atoms with Crippen molar-refractivity contribution in [1.82, 2.24) is 20.1 Å². The normalized spacial score (nSPS) is 16.9. The summed E-state index contributed by atoms with van der Waals surface area (Å²) >= 11 is 0. The highest BCUT2D eigenvalue weighted by Crippen LogP contribution is 2.10. The van der Waals surface area contributed by atoms with Crippen LogP contribution in [0.1, 0.15) is 38.7 Å². The van der Waals surface area contributed by atoms with Gasteiger partial charge in [-0.05, 0) is 44.4 Å². The molecule has 6 heteroatoms. The lowest BCUT2D eigenvalue weighted by Crippen LogP contribution is -2.48. The van der Waals surface area contributed by atoms with Gasteiger partial charge < -0.3 is 20.1 Å². The van der Waals surface area contributed by atoms with Crippen LogP contribution in [-0.2, 0) is 13.6 Å². The molecular weight excluding hydrogens is 401 g/mol. The maximum absolute atomic E-state index is 4.71. The Balaban J connectivity index is 0.00000264. The molecule has 0 unspecified atom stereocenters. The Labute approximate surface area is 157 Å². The van der Waals surface area contributed by atoms with Gasteiger partial charge in [-0.15, -0.1) is 24.0 Å². The molecule has 0 saturated carbocycles. The fourth-order valence-corrected chi connectivity index (χ4v) is 2.96. The third kappa shape index (κ3) is 7.12. The van der Waals surface area contributed by atoms with E-state index >= 15 is 0 Å². The smallest absolute Gasteiger partial charge is 0.191 e. The van der Waals surface area contributed by atoms with E-state index in [1.807, 2.05) is 7.05 Å². The largest absolute Gasteiger partial charge is 0.357 e. The van der Waals surface area contributed by atoms with Crippen LogP contribution in [0.25, 0.3) is 0 Å². The standard InChI is InChI=1S/C17H31N5.HI/c1-4-9-22-11-7-16(8-12-22)20-17(18-5-2)19-13-15-6-10-21(3)14-15;/h6,10,14,16H,4-5,7-9,11-13H2,1-3H3,(H2,18,19,20);1H. The van der Waals surface area contributed by atoms with Crippen LogP contribution in [0.5, 0.6) is 0 Å². The highest BCUT2D eigenvalue weighted by molar-refractivity contribution is 14.0. The zero-order valence-corrected chi connectivity index (χ0v) is 17.0. The van der Waals surface area contributed by atoms with E-state index in [4.69, 9.17) is 4.99 Å². The molecule has 1 saturated heterocycles. The summed E-state index contributed by atoms with van der Waals surface area (Å²) in [6, 6.07) is 2.66. The van der Waals surface area contributed by atoms with Crippen LogP contribution in [0.15, 0.2) is 23.5 Å². The molecule has 2 N–H and O–H groups in total. The van der Waals surface area contributed by atoms with Gasteiger partial charge in [0.15, 0.2) is 5.96 Å². The summed E-state index contributed by atoms with van der Waals surface area (Å²) in [6.07, 6.45) is 7.84. The number of aromatic nitrogens is 1. The molecule has 0 aromatic carbocycles. The molecule has 5 nitrogen and oxygen atoms in total. The van der Waals surface area contributed by atoms with Crippen molar-refractivity contribution in [3.05, 3.63) is 24.0 Å². The average Bonchev–Trinajstić information content (AvgIpc) is 2.93. The summed E-state index contributed by atoms with van der Waals surface area (Å²) < 4.78 is 2.06. The first kappa shape index (κ1) is 20.3. The molecule has 23 heavy (non-hydrogen) atoms. The predicted molar refractivity (Wildman–Crippen MR) is 109 cm³/mol. The highest BCUT2D eigenvalue weighted by atomic mass is 127. The zero-order valence-electron chi connectivity index (χ0n) is 14.7. The molecule has 0 radical (unpaired) electrons. The maximum Gasteiger partial charge on any atom is 0.191 e. The molecule has 0 aliphatic carbocycles. The van der Waals surface area contributed by atoms with Gasteiger partial charge in [0.1, 0.15) is 0 Å². The molecule has 1 fully saturated rings. The number of hydrogen-bond donors (Lipinski definition) is 2. The zero-order chi connectivity index (χ0) is 15.8. The van der Waals surface area contributed by atoms with Gasteiger partial charge in [0.25, 0.3) is 0 Å². The van der Waals surface area contributed by atoms with E-state index in [-0.39, 0.29) is 24.0 Å². The number of hydrogen-bond acceptors (Lipinski definition) is 2. The Bertz CT molecular complexity index is 463. The van der Waals surface area contributed by atoms with Crippen molar-refractivity contribution < 1.29 is 0 Å². The minimum Gasteiger partial charge on any atom is -0.357 e.